The SMILES string of the molecule is CC(CN1CCC(CN)CC1)c1ccccc1.Cl. The molecular formula is C15H25ClN2. The van der Waals surface area contributed by atoms with Gasteiger partial charge in [0, 0.05) is 6.54 Å². The van der Waals surface area contributed by atoms with Crippen LogP contribution in [0.4, 0.5) is 0 Å². The van der Waals surface area contributed by atoms with E-state index in [0.29, 0.717) is 5.92 Å². The molecule has 0 bridgehead atoms. The van der Waals surface area contributed by atoms with E-state index in [0.717, 1.165) is 12.5 Å². The molecule has 0 radical (unpaired) electrons. The van der Waals surface area contributed by atoms with Crippen molar-refractivity contribution >= 4 is 12.4 Å². The number of piperidine rings is 1. The molecule has 0 aromatic heterocycles. The van der Waals surface area contributed by atoms with E-state index in [1.807, 2.05) is 0 Å². The van der Waals surface area contributed by atoms with E-state index in [9.17, 15) is 0 Å². The second-order valence-corrected chi connectivity index (χ2v) is 5.29. The molecular weight excluding hydrogens is 244 g/mol. The Morgan fingerprint density at radius 3 is 2.39 bits per heavy atom. The summed E-state index contributed by atoms with van der Waals surface area (Å²) in [7, 11) is 0. The fraction of sp³-hybridized carbons (Fsp3) is 0.600. The van der Waals surface area contributed by atoms with Crippen molar-refractivity contribution in [2.75, 3.05) is 26.2 Å². The van der Waals surface area contributed by atoms with Gasteiger partial charge < -0.3 is 10.6 Å². The van der Waals surface area contributed by atoms with Crippen molar-refractivity contribution in [3.8, 4) is 0 Å². The van der Waals surface area contributed by atoms with Gasteiger partial charge in [0.15, 0.2) is 0 Å². The first-order chi connectivity index (χ1) is 8.29. The summed E-state index contributed by atoms with van der Waals surface area (Å²) in [6.45, 7) is 6.81. The van der Waals surface area contributed by atoms with E-state index >= 15 is 0 Å². The van der Waals surface area contributed by atoms with Crippen LogP contribution in [0.2, 0.25) is 0 Å². The van der Waals surface area contributed by atoms with Crippen molar-refractivity contribution in [1.82, 2.24) is 4.90 Å². The van der Waals surface area contributed by atoms with Crippen LogP contribution < -0.4 is 5.73 Å². The number of hydrogen-bond acceptors (Lipinski definition) is 2. The maximum atomic E-state index is 5.72. The van der Waals surface area contributed by atoms with Crippen molar-refractivity contribution in [3.05, 3.63) is 35.9 Å². The van der Waals surface area contributed by atoms with Crippen LogP contribution in [0.5, 0.6) is 0 Å². The largest absolute Gasteiger partial charge is 0.330 e. The minimum atomic E-state index is 0. The van der Waals surface area contributed by atoms with Crippen molar-refractivity contribution in [2.24, 2.45) is 11.7 Å². The first-order valence-electron chi connectivity index (χ1n) is 6.77. The highest BCUT2D eigenvalue weighted by atomic mass is 35.5. The minimum absolute atomic E-state index is 0. The molecule has 0 aliphatic carbocycles. The smallest absolute Gasteiger partial charge is 0.00476 e. The van der Waals surface area contributed by atoms with Crippen molar-refractivity contribution in [1.29, 1.82) is 0 Å². The Hall–Kier alpha value is -0.570. The summed E-state index contributed by atoms with van der Waals surface area (Å²) in [5, 5.41) is 0. The molecule has 3 heteroatoms. The summed E-state index contributed by atoms with van der Waals surface area (Å²) in [6, 6.07) is 10.8. The summed E-state index contributed by atoms with van der Waals surface area (Å²) < 4.78 is 0. The second-order valence-electron chi connectivity index (χ2n) is 5.29. The lowest BCUT2D eigenvalue weighted by molar-refractivity contribution is 0.180. The third kappa shape index (κ3) is 4.27. The first-order valence-corrected chi connectivity index (χ1v) is 6.77. The molecule has 1 saturated heterocycles. The lowest BCUT2D eigenvalue weighted by Crippen LogP contribution is -2.38. The highest BCUT2D eigenvalue weighted by Gasteiger charge is 2.19. The summed E-state index contributed by atoms with van der Waals surface area (Å²) in [5.74, 6) is 1.39. The van der Waals surface area contributed by atoms with Gasteiger partial charge in [0.25, 0.3) is 0 Å². The molecule has 2 nitrogen and oxygen atoms in total. The Bertz CT molecular complexity index is 321. The third-order valence-corrected chi connectivity index (χ3v) is 3.94. The summed E-state index contributed by atoms with van der Waals surface area (Å²) >= 11 is 0. The van der Waals surface area contributed by atoms with Gasteiger partial charge in [0.05, 0.1) is 0 Å². The van der Waals surface area contributed by atoms with Gasteiger partial charge >= 0.3 is 0 Å². The normalized spacial score (nSPS) is 19.2. The van der Waals surface area contributed by atoms with Crippen LogP contribution in [0.25, 0.3) is 0 Å². The first kappa shape index (κ1) is 15.5. The monoisotopic (exact) mass is 268 g/mol. The number of likely N-dealkylation sites (tertiary alicyclic amines) is 1. The molecule has 1 fully saturated rings. The van der Waals surface area contributed by atoms with Crippen LogP contribution in [0.1, 0.15) is 31.2 Å². The van der Waals surface area contributed by atoms with Gasteiger partial charge in [0.1, 0.15) is 0 Å². The fourth-order valence-corrected chi connectivity index (χ4v) is 2.68. The molecule has 102 valence electrons. The topological polar surface area (TPSA) is 29.3 Å². The molecule has 1 atom stereocenters. The number of nitrogens with zero attached hydrogens (tertiary/aromatic N) is 1. The van der Waals surface area contributed by atoms with Gasteiger partial charge in [0.2, 0.25) is 0 Å². The van der Waals surface area contributed by atoms with E-state index in [2.05, 4.69) is 42.2 Å². The van der Waals surface area contributed by atoms with E-state index in [1.54, 1.807) is 0 Å². The minimum Gasteiger partial charge on any atom is -0.330 e. The van der Waals surface area contributed by atoms with Crippen LogP contribution in [0, 0.1) is 5.92 Å². The molecule has 1 aliphatic rings. The van der Waals surface area contributed by atoms with Gasteiger partial charge in [-0.3, -0.25) is 0 Å². The Balaban J connectivity index is 0.00000162. The van der Waals surface area contributed by atoms with Gasteiger partial charge in [-0.2, -0.15) is 0 Å². The zero-order valence-corrected chi connectivity index (χ0v) is 12.0. The van der Waals surface area contributed by atoms with Crippen molar-refractivity contribution in [2.45, 2.75) is 25.7 Å². The van der Waals surface area contributed by atoms with Crippen LogP contribution in [0.3, 0.4) is 0 Å². The quantitative estimate of drug-likeness (QED) is 0.910. The lowest BCUT2D eigenvalue weighted by Gasteiger charge is -2.33. The second kappa shape index (κ2) is 7.78. The Kier molecular flexibility index (Phi) is 6.69. The Morgan fingerprint density at radius 1 is 1.22 bits per heavy atom. The molecule has 0 amide bonds. The zero-order chi connectivity index (χ0) is 12.1. The van der Waals surface area contributed by atoms with Gasteiger partial charge in [-0.1, -0.05) is 37.3 Å². The number of benzene rings is 1. The number of halogens is 1. The average Bonchev–Trinajstić information content (AvgIpc) is 2.40. The summed E-state index contributed by atoms with van der Waals surface area (Å²) in [5.41, 5.74) is 7.17. The van der Waals surface area contributed by atoms with Crippen LogP contribution in [-0.2, 0) is 0 Å². The van der Waals surface area contributed by atoms with Gasteiger partial charge in [-0.05, 0) is 49.9 Å². The Labute approximate surface area is 117 Å². The summed E-state index contributed by atoms with van der Waals surface area (Å²) in [4.78, 5) is 2.59. The molecule has 0 spiro atoms. The predicted molar refractivity (Wildman–Crippen MR) is 80.3 cm³/mol. The molecule has 1 heterocycles. The lowest BCUT2D eigenvalue weighted by atomic mass is 9.95. The van der Waals surface area contributed by atoms with E-state index in [4.69, 9.17) is 5.73 Å². The molecule has 1 aromatic carbocycles. The van der Waals surface area contributed by atoms with Gasteiger partial charge in [-0.15, -0.1) is 12.4 Å². The van der Waals surface area contributed by atoms with Crippen LogP contribution in [0.15, 0.2) is 30.3 Å². The molecule has 18 heavy (non-hydrogen) atoms. The van der Waals surface area contributed by atoms with Crippen molar-refractivity contribution in [3.63, 3.8) is 0 Å². The zero-order valence-electron chi connectivity index (χ0n) is 11.2. The Morgan fingerprint density at radius 2 is 1.83 bits per heavy atom. The average molecular weight is 269 g/mol. The fourth-order valence-electron chi connectivity index (χ4n) is 2.68. The highest BCUT2D eigenvalue weighted by Crippen LogP contribution is 2.21. The predicted octanol–water partition coefficient (Wildman–Crippen LogP) is 2.88. The third-order valence-electron chi connectivity index (χ3n) is 3.94. The summed E-state index contributed by atoms with van der Waals surface area (Å²) in [6.07, 6.45) is 2.55. The number of nitrogens with two attached hydrogens (primary N) is 1. The van der Waals surface area contributed by atoms with E-state index < -0.39 is 0 Å². The molecule has 1 aliphatic heterocycles. The molecule has 0 saturated carbocycles. The molecule has 2 N–H and O–H groups in total. The number of rotatable bonds is 4. The van der Waals surface area contributed by atoms with Crippen LogP contribution >= 0.6 is 12.4 Å². The molecule has 1 unspecified atom stereocenters. The van der Waals surface area contributed by atoms with E-state index in [-0.39, 0.29) is 12.4 Å². The van der Waals surface area contributed by atoms with E-state index in [1.165, 1.54) is 38.0 Å². The highest BCUT2D eigenvalue weighted by molar-refractivity contribution is 5.85. The maximum Gasteiger partial charge on any atom is 0.00476 e. The maximum absolute atomic E-state index is 5.72. The van der Waals surface area contributed by atoms with Crippen molar-refractivity contribution < 1.29 is 0 Å². The van der Waals surface area contributed by atoms with Gasteiger partial charge in [-0.25, -0.2) is 0 Å². The molecule has 2 rings (SSSR count). The standard InChI is InChI=1S/C15H24N2.ClH/c1-13(15-5-3-2-4-6-15)12-17-9-7-14(11-16)8-10-17;/h2-6,13-14H,7-12,16H2,1H3;1H. The molecule has 1 aromatic rings. The van der Waals surface area contributed by atoms with Crippen LogP contribution in [-0.4, -0.2) is 31.1 Å². The number of hydrogen-bond donors (Lipinski definition) is 1.